The zero-order chi connectivity index (χ0) is 17.5. The Bertz CT molecular complexity index is 552. The van der Waals surface area contributed by atoms with Gasteiger partial charge in [0, 0.05) is 24.0 Å². The van der Waals surface area contributed by atoms with Crippen LogP contribution in [0.1, 0.15) is 37.4 Å². The van der Waals surface area contributed by atoms with Crippen molar-refractivity contribution in [1.82, 2.24) is 4.90 Å². The number of hydrogen-bond donors (Lipinski definition) is 1. The van der Waals surface area contributed by atoms with Gasteiger partial charge in [0.05, 0.1) is 6.10 Å². The van der Waals surface area contributed by atoms with Crippen molar-refractivity contribution in [3.63, 3.8) is 0 Å². The largest absolute Gasteiger partial charge is 0.388 e. The van der Waals surface area contributed by atoms with Gasteiger partial charge in [-0.1, -0.05) is 35.9 Å². The third-order valence-electron chi connectivity index (χ3n) is 4.76. The van der Waals surface area contributed by atoms with E-state index in [2.05, 4.69) is 13.2 Å². The predicted molar refractivity (Wildman–Crippen MR) is 98.8 cm³/mol. The maximum Gasteiger partial charge on any atom is 0.226 e. The number of piperidine rings is 1. The second kappa shape index (κ2) is 9.05. The van der Waals surface area contributed by atoms with Crippen LogP contribution in [0.4, 0.5) is 0 Å². The quantitative estimate of drug-likeness (QED) is 0.743. The topological polar surface area (TPSA) is 40.5 Å². The van der Waals surface area contributed by atoms with Crippen molar-refractivity contribution < 1.29 is 9.90 Å². The van der Waals surface area contributed by atoms with Crippen LogP contribution >= 0.6 is 11.6 Å². The van der Waals surface area contributed by atoms with E-state index in [9.17, 15) is 9.90 Å². The van der Waals surface area contributed by atoms with Crippen LogP contribution in [0.15, 0.2) is 49.6 Å². The van der Waals surface area contributed by atoms with E-state index in [1.807, 2.05) is 17.0 Å². The van der Waals surface area contributed by atoms with Crippen molar-refractivity contribution >= 4 is 17.5 Å². The second-order valence-corrected chi connectivity index (χ2v) is 6.84. The molecule has 0 aliphatic carbocycles. The number of aliphatic hydroxyl groups excluding tert-OH is 1. The molecule has 0 saturated carbocycles. The minimum absolute atomic E-state index is 0.0576. The lowest BCUT2D eigenvalue weighted by Crippen LogP contribution is -2.42. The number of nitrogens with zero attached hydrogens (tertiary/aromatic N) is 1. The molecule has 1 saturated heterocycles. The lowest BCUT2D eigenvalue weighted by Gasteiger charge is -2.36. The summed E-state index contributed by atoms with van der Waals surface area (Å²) < 4.78 is 0. The Morgan fingerprint density at radius 2 is 1.75 bits per heavy atom. The highest BCUT2D eigenvalue weighted by molar-refractivity contribution is 6.30. The van der Waals surface area contributed by atoms with Crippen LogP contribution in [0.25, 0.3) is 0 Å². The first-order valence-electron chi connectivity index (χ1n) is 8.51. The van der Waals surface area contributed by atoms with Gasteiger partial charge < -0.3 is 10.0 Å². The molecule has 2 rings (SSSR count). The number of aliphatic hydroxyl groups is 1. The molecular weight excluding hydrogens is 322 g/mol. The average Bonchev–Trinajstić information content (AvgIpc) is 2.61. The van der Waals surface area contributed by atoms with Crippen molar-refractivity contribution in [3.05, 3.63) is 60.2 Å². The fourth-order valence-corrected chi connectivity index (χ4v) is 3.45. The van der Waals surface area contributed by atoms with Gasteiger partial charge in [0.2, 0.25) is 5.91 Å². The number of likely N-dealkylation sites (tertiary alicyclic amines) is 1. The summed E-state index contributed by atoms with van der Waals surface area (Å²) in [5.74, 6) is 0.291. The van der Waals surface area contributed by atoms with E-state index in [0.29, 0.717) is 31.0 Å². The SMILES string of the molecule is C=CCC(CC=C)C(=O)N1CCC(C(O)c2ccc(Cl)cc2)CC1. The number of hydrogen-bond acceptors (Lipinski definition) is 2. The van der Waals surface area contributed by atoms with Crippen molar-refractivity contribution in [2.24, 2.45) is 11.8 Å². The Kier molecular flexibility index (Phi) is 7.07. The van der Waals surface area contributed by atoms with E-state index in [1.54, 1.807) is 24.3 Å². The van der Waals surface area contributed by atoms with E-state index in [4.69, 9.17) is 11.6 Å². The number of carbonyl (C=O) groups is 1. The van der Waals surface area contributed by atoms with Crippen LogP contribution in [0, 0.1) is 11.8 Å². The first kappa shape index (κ1) is 18.8. The third kappa shape index (κ3) is 4.71. The van der Waals surface area contributed by atoms with Gasteiger partial charge in [-0.15, -0.1) is 13.2 Å². The monoisotopic (exact) mass is 347 g/mol. The highest BCUT2D eigenvalue weighted by atomic mass is 35.5. The molecule has 0 spiro atoms. The average molecular weight is 348 g/mol. The molecule has 24 heavy (non-hydrogen) atoms. The fourth-order valence-electron chi connectivity index (χ4n) is 3.33. The summed E-state index contributed by atoms with van der Waals surface area (Å²) in [6.45, 7) is 8.86. The molecule has 1 unspecified atom stereocenters. The van der Waals surface area contributed by atoms with Gasteiger partial charge in [-0.05, 0) is 49.3 Å². The molecule has 1 atom stereocenters. The molecule has 1 aliphatic rings. The minimum Gasteiger partial charge on any atom is -0.388 e. The summed E-state index contributed by atoms with van der Waals surface area (Å²) >= 11 is 5.90. The second-order valence-electron chi connectivity index (χ2n) is 6.40. The summed E-state index contributed by atoms with van der Waals surface area (Å²) in [5, 5.41) is 11.2. The van der Waals surface area contributed by atoms with Gasteiger partial charge in [0.1, 0.15) is 0 Å². The van der Waals surface area contributed by atoms with Crippen molar-refractivity contribution in [1.29, 1.82) is 0 Å². The molecule has 0 aromatic heterocycles. The maximum absolute atomic E-state index is 12.6. The van der Waals surface area contributed by atoms with E-state index in [-0.39, 0.29) is 17.7 Å². The normalized spacial score (nSPS) is 16.9. The molecule has 3 nitrogen and oxygen atoms in total. The summed E-state index contributed by atoms with van der Waals surface area (Å²) in [6, 6.07) is 7.34. The molecular formula is C20H26ClNO2. The Hall–Kier alpha value is -1.58. The molecule has 0 bridgehead atoms. The highest BCUT2D eigenvalue weighted by Crippen LogP contribution is 2.32. The van der Waals surface area contributed by atoms with Gasteiger partial charge >= 0.3 is 0 Å². The predicted octanol–water partition coefficient (Wildman–Crippen LogP) is 4.38. The molecule has 1 aromatic rings. The Labute approximate surface area is 149 Å². The van der Waals surface area contributed by atoms with Crippen LogP contribution in [0.3, 0.4) is 0 Å². The summed E-state index contributed by atoms with van der Waals surface area (Å²) in [6.07, 6.45) is 6.06. The van der Waals surface area contributed by atoms with Crippen LogP contribution in [0.2, 0.25) is 5.02 Å². The standard InChI is InChI=1S/C20H26ClNO2/c1-3-5-17(6-4-2)20(24)22-13-11-16(12-14-22)19(23)15-7-9-18(21)10-8-15/h3-4,7-10,16-17,19,23H,1-2,5-6,11-14H2. The highest BCUT2D eigenvalue weighted by Gasteiger charge is 2.30. The minimum atomic E-state index is -0.503. The lowest BCUT2D eigenvalue weighted by atomic mass is 9.87. The molecule has 1 heterocycles. The van der Waals surface area contributed by atoms with Gasteiger partial charge in [-0.3, -0.25) is 4.79 Å². The Morgan fingerprint density at radius 3 is 2.25 bits per heavy atom. The molecule has 1 aromatic carbocycles. The molecule has 130 valence electrons. The number of amides is 1. The van der Waals surface area contributed by atoms with Crippen LogP contribution in [-0.2, 0) is 4.79 Å². The van der Waals surface area contributed by atoms with Crippen molar-refractivity contribution in [3.8, 4) is 0 Å². The van der Waals surface area contributed by atoms with Crippen molar-refractivity contribution in [2.45, 2.75) is 31.8 Å². The van der Waals surface area contributed by atoms with Gasteiger partial charge in [-0.25, -0.2) is 0 Å². The zero-order valence-electron chi connectivity index (χ0n) is 14.0. The Balaban J connectivity index is 1.92. The van der Waals surface area contributed by atoms with E-state index in [1.165, 1.54) is 0 Å². The van der Waals surface area contributed by atoms with Gasteiger partial charge in [0.25, 0.3) is 0 Å². The number of allylic oxidation sites excluding steroid dienone is 2. The molecule has 1 amide bonds. The van der Waals surface area contributed by atoms with Crippen LogP contribution in [-0.4, -0.2) is 29.0 Å². The number of halogens is 1. The van der Waals surface area contributed by atoms with Crippen molar-refractivity contribution in [2.75, 3.05) is 13.1 Å². The van der Waals surface area contributed by atoms with Crippen LogP contribution < -0.4 is 0 Å². The first-order valence-corrected chi connectivity index (χ1v) is 8.88. The van der Waals surface area contributed by atoms with Crippen LogP contribution in [0.5, 0.6) is 0 Å². The number of carbonyl (C=O) groups excluding carboxylic acids is 1. The molecule has 1 fully saturated rings. The van der Waals surface area contributed by atoms with Gasteiger partial charge in [-0.2, -0.15) is 0 Å². The van der Waals surface area contributed by atoms with Gasteiger partial charge in [0.15, 0.2) is 0 Å². The molecule has 4 heteroatoms. The zero-order valence-corrected chi connectivity index (χ0v) is 14.8. The molecule has 0 radical (unpaired) electrons. The smallest absolute Gasteiger partial charge is 0.226 e. The Morgan fingerprint density at radius 1 is 1.21 bits per heavy atom. The van der Waals surface area contributed by atoms with E-state index in [0.717, 1.165) is 18.4 Å². The lowest BCUT2D eigenvalue weighted by molar-refractivity contribution is -0.137. The van der Waals surface area contributed by atoms with E-state index >= 15 is 0 Å². The summed E-state index contributed by atoms with van der Waals surface area (Å²) in [7, 11) is 0. The first-order chi connectivity index (χ1) is 11.6. The maximum atomic E-state index is 12.6. The third-order valence-corrected chi connectivity index (χ3v) is 5.01. The molecule has 1 N–H and O–H groups in total. The summed E-state index contributed by atoms with van der Waals surface area (Å²) in [5.41, 5.74) is 0.889. The number of rotatable bonds is 7. The number of benzene rings is 1. The summed E-state index contributed by atoms with van der Waals surface area (Å²) in [4.78, 5) is 14.5. The van der Waals surface area contributed by atoms with E-state index < -0.39 is 6.10 Å². The fraction of sp³-hybridized carbons (Fsp3) is 0.450. The molecule has 1 aliphatic heterocycles.